The Morgan fingerprint density at radius 3 is 1.92 bits per heavy atom. The fourth-order valence-corrected chi connectivity index (χ4v) is 16.4. The second kappa shape index (κ2) is 13.9. The van der Waals surface area contributed by atoms with Crippen LogP contribution in [0, 0.1) is 0 Å². The van der Waals surface area contributed by atoms with E-state index >= 15 is 4.21 Å². The van der Waals surface area contributed by atoms with E-state index in [0.29, 0.717) is 13.0 Å². The number of carbonyl (C=O) groups excluding carboxylic acids is 2. The van der Waals surface area contributed by atoms with Crippen LogP contribution in [-0.4, -0.2) is 47.2 Å². The highest BCUT2D eigenvalue weighted by atomic mass is 32.2. The van der Waals surface area contributed by atoms with Crippen LogP contribution in [0.15, 0.2) is 82.2 Å². The number of carbonyl (C=O) groups is 2. The molecule has 3 aliphatic rings. The van der Waals surface area contributed by atoms with E-state index in [9.17, 15) is 9.59 Å². The number of rotatable bonds is 7. The van der Waals surface area contributed by atoms with Crippen LogP contribution in [0.4, 0.5) is 15.3 Å². The second-order valence-corrected chi connectivity index (χ2v) is 23.0. The number of hydrogen-bond donors (Lipinski definition) is 2. The van der Waals surface area contributed by atoms with Crippen molar-refractivity contribution in [3.63, 3.8) is 0 Å². The zero-order valence-electron chi connectivity index (χ0n) is 31.3. The largest absolute Gasteiger partial charge is 0.444 e. The van der Waals surface area contributed by atoms with Crippen molar-refractivity contribution in [1.82, 2.24) is 9.62 Å². The number of anilines is 1. The maximum Gasteiger partial charge on any atom is 0.410 e. The van der Waals surface area contributed by atoms with Crippen molar-refractivity contribution in [3.05, 3.63) is 100 Å². The lowest BCUT2D eigenvalue weighted by Gasteiger charge is -2.40. The van der Waals surface area contributed by atoms with E-state index in [1.54, 1.807) is 10.3 Å². The molecule has 2 atom stereocenters. The van der Waals surface area contributed by atoms with Crippen LogP contribution in [-0.2, 0) is 40.3 Å². The molecule has 8 nitrogen and oxygen atoms in total. The molecule has 1 aliphatic heterocycles. The summed E-state index contributed by atoms with van der Waals surface area (Å²) in [5, 5.41) is 6.30. The molecule has 1 saturated heterocycles. The van der Waals surface area contributed by atoms with Gasteiger partial charge in [0.15, 0.2) is 0 Å². The molecule has 272 valence electrons. The number of fused-ring (bicyclic) bond motifs is 2. The summed E-state index contributed by atoms with van der Waals surface area (Å²) >= 11 is 0. The summed E-state index contributed by atoms with van der Waals surface area (Å²) in [6.07, 6.45) is 8.79. The molecule has 1 heterocycles. The highest BCUT2D eigenvalue weighted by Crippen LogP contribution is 2.40. The molecule has 6 rings (SSSR count). The lowest BCUT2D eigenvalue weighted by molar-refractivity contribution is 0.0169. The van der Waals surface area contributed by atoms with Gasteiger partial charge in [0, 0.05) is 17.6 Å². The SMILES string of the molecule is CC(C)(C)OC(=O)N1CCC[C@@]1(C)/C=C/S(=O)(=N[Si](c1ccccc1)(c1ccccc1)C(C)(C)C)NC(=O)Nc1c2c(cc3c1CCC3)CCC2. The smallest absolute Gasteiger partial charge is 0.410 e. The third-order valence-corrected chi connectivity index (χ3v) is 18.3. The molecule has 2 aliphatic carbocycles. The van der Waals surface area contributed by atoms with Crippen molar-refractivity contribution in [2.45, 2.75) is 116 Å². The molecule has 0 saturated carbocycles. The Hall–Kier alpha value is -3.89. The van der Waals surface area contributed by atoms with Gasteiger partial charge in [-0.2, -0.15) is 0 Å². The Kier molecular flexibility index (Phi) is 10.1. The lowest BCUT2D eigenvalue weighted by atomic mass is 9.99. The first-order valence-electron chi connectivity index (χ1n) is 18.4. The number of benzene rings is 3. The van der Waals surface area contributed by atoms with Crippen LogP contribution >= 0.6 is 0 Å². The number of nitrogens with one attached hydrogen (secondary N) is 2. The summed E-state index contributed by atoms with van der Waals surface area (Å²) in [5.41, 5.74) is 4.44. The Bertz CT molecular complexity index is 1870. The summed E-state index contributed by atoms with van der Waals surface area (Å²) in [4.78, 5) is 29.4. The number of ether oxygens (including phenoxy) is 1. The number of likely N-dealkylation sites (tertiary alicyclic amines) is 1. The number of hydrogen-bond acceptors (Lipinski definition) is 5. The zero-order valence-corrected chi connectivity index (χ0v) is 33.1. The van der Waals surface area contributed by atoms with E-state index in [1.807, 2.05) is 70.2 Å². The molecule has 10 heteroatoms. The first-order valence-corrected chi connectivity index (χ1v) is 21.9. The van der Waals surface area contributed by atoms with Gasteiger partial charge in [0.25, 0.3) is 8.24 Å². The van der Waals surface area contributed by atoms with Crippen LogP contribution in [0.25, 0.3) is 0 Å². The minimum atomic E-state index is -3.62. The van der Waals surface area contributed by atoms with E-state index in [-0.39, 0.29) is 0 Å². The maximum atomic E-state index is 15.7. The quantitative estimate of drug-likeness (QED) is 0.241. The molecule has 1 unspecified atom stereocenters. The molecule has 0 aromatic heterocycles. The van der Waals surface area contributed by atoms with Gasteiger partial charge in [-0.1, -0.05) is 87.5 Å². The maximum absolute atomic E-state index is 15.7. The topological polar surface area (TPSA) is 100 Å². The number of aryl methyl sites for hydroxylation is 2. The molecule has 2 N–H and O–H groups in total. The van der Waals surface area contributed by atoms with Crippen molar-refractivity contribution in [2.24, 2.45) is 4.03 Å². The Morgan fingerprint density at radius 2 is 1.41 bits per heavy atom. The molecular weight excluding hydrogens is 673 g/mol. The zero-order chi connectivity index (χ0) is 36.7. The standard InChI is InChI=1S/C41H54N4O4SSi/c1-39(2,3)49-38(47)45-27-16-25-41(45,7)26-28-50(48,43-37(46)42-36-34-23-14-17-30(34)29-31-18-15-24-35(31)36)44-51(40(4,5)6,32-19-10-8-11-20-32)33-21-12-9-13-22-33/h8-13,19-22,26,28-29H,14-18,23-25,27H2,1-7H3,(H2,42,43,44,46,48)/b28-26+/t41-,50?/m0/s1. The highest BCUT2D eigenvalue weighted by molar-refractivity contribution is 7.96. The van der Waals surface area contributed by atoms with Crippen LogP contribution in [0.1, 0.15) is 96.4 Å². The highest BCUT2D eigenvalue weighted by Gasteiger charge is 2.50. The minimum absolute atomic E-state index is 0.417. The molecule has 0 radical (unpaired) electrons. The minimum Gasteiger partial charge on any atom is -0.444 e. The summed E-state index contributed by atoms with van der Waals surface area (Å²) in [6, 6.07) is 22.0. The molecule has 1 fully saturated rings. The lowest BCUT2D eigenvalue weighted by Crippen LogP contribution is -2.64. The van der Waals surface area contributed by atoms with Gasteiger partial charge in [-0.15, -0.1) is 0 Å². The Morgan fingerprint density at radius 1 is 0.863 bits per heavy atom. The van der Waals surface area contributed by atoms with E-state index in [4.69, 9.17) is 8.77 Å². The van der Waals surface area contributed by atoms with E-state index in [2.05, 4.69) is 61.1 Å². The predicted octanol–water partition coefficient (Wildman–Crippen LogP) is 8.03. The van der Waals surface area contributed by atoms with Gasteiger partial charge >= 0.3 is 12.1 Å². The van der Waals surface area contributed by atoms with Crippen LogP contribution in [0.5, 0.6) is 0 Å². The molecule has 3 aromatic rings. The fourth-order valence-electron chi connectivity index (χ4n) is 8.18. The van der Waals surface area contributed by atoms with Gasteiger partial charge in [0.05, 0.1) is 5.54 Å². The number of urea groups is 1. The average molecular weight is 727 g/mol. The van der Waals surface area contributed by atoms with Crippen molar-refractivity contribution < 1.29 is 18.5 Å². The van der Waals surface area contributed by atoms with Crippen LogP contribution < -0.4 is 20.4 Å². The number of amides is 3. The van der Waals surface area contributed by atoms with Gasteiger partial charge in [-0.25, -0.2) is 22.5 Å². The average Bonchev–Trinajstić information content (AvgIpc) is 3.82. The van der Waals surface area contributed by atoms with Crippen molar-refractivity contribution in [3.8, 4) is 0 Å². The van der Waals surface area contributed by atoms with Gasteiger partial charge < -0.3 is 10.1 Å². The normalized spacial score (nSPS) is 20.1. The summed E-state index contributed by atoms with van der Waals surface area (Å²) in [6.45, 7) is 14.5. The monoisotopic (exact) mass is 726 g/mol. The fraction of sp³-hybridized carbons (Fsp3) is 0.463. The third-order valence-electron chi connectivity index (χ3n) is 10.6. The summed E-state index contributed by atoms with van der Waals surface area (Å²) < 4.78 is 29.9. The van der Waals surface area contributed by atoms with Crippen LogP contribution in [0.2, 0.25) is 5.04 Å². The summed E-state index contributed by atoms with van der Waals surface area (Å²) in [7, 11) is -6.92. The first kappa shape index (κ1) is 36.9. The molecule has 3 amide bonds. The van der Waals surface area contributed by atoms with Gasteiger partial charge in [-0.3, -0.25) is 4.90 Å². The van der Waals surface area contributed by atoms with Gasteiger partial charge in [0.2, 0.25) is 0 Å². The first-order chi connectivity index (χ1) is 24.0. The van der Waals surface area contributed by atoms with Crippen molar-refractivity contribution in [2.75, 3.05) is 11.9 Å². The second-order valence-electron chi connectivity index (χ2n) is 16.5. The van der Waals surface area contributed by atoms with Crippen molar-refractivity contribution >= 4 is 46.3 Å². The van der Waals surface area contributed by atoms with E-state index in [0.717, 1.165) is 61.0 Å². The van der Waals surface area contributed by atoms with Gasteiger partial charge in [-0.05, 0) is 123 Å². The Balaban J connectivity index is 1.50. The molecule has 0 spiro atoms. The molecule has 51 heavy (non-hydrogen) atoms. The van der Waals surface area contributed by atoms with Crippen molar-refractivity contribution in [1.29, 1.82) is 0 Å². The van der Waals surface area contributed by atoms with Gasteiger partial charge in [0.1, 0.15) is 15.5 Å². The Labute approximate surface area is 305 Å². The molecule has 3 aromatic carbocycles. The predicted molar refractivity (Wildman–Crippen MR) is 211 cm³/mol. The molecule has 0 bridgehead atoms. The third kappa shape index (κ3) is 7.53. The number of nitrogens with zero attached hydrogens (tertiary/aromatic N) is 2. The van der Waals surface area contributed by atoms with E-state index in [1.165, 1.54) is 22.3 Å². The summed E-state index contributed by atoms with van der Waals surface area (Å²) in [5.74, 6) is 0. The van der Waals surface area contributed by atoms with E-state index < -0.39 is 46.5 Å². The molecular formula is C41H54N4O4SSi. The van der Waals surface area contributed by atoms with Crippen LogP contribution in [0.3, 0.4) is 0 Å².